The Hall–Kier alpha value is -0.140. The van der Waals surface area contributed by atoms with E-state index in [1.54, 1.807) is 0 Å². The molecule has 2 aliphatic heterocycles. The van der Waals surface area contributed by atoms with Gasteiger partial charge in [0.25, 0.3) is 0 Å². The van der Waals surface area contributed by atoms with Crippen molar-refractivity contribution in [2.45, 2.75) is 31.5 Å². The number of phenols is 1. The van der Waals surface area contributed by atoms with Crippen LogP contribution >= 0.6 is 31.9 Å². The van der Waals surface area contributed by atoms with Gasteiger partial charge in [-0.25, -0.2) is 0 Å². The van der Waals surface area contributed by atoms with Crippen LogP contribution in [0.3, 0.4) is 0 Å². The maximum absolute atomic E-state index is 9.71. The lowest BCUT2D eigenvalue weighted by atomic mass is 10.2. The number of fused-ring (bicyclic) bond motifs is 1. The minimum atomic E-state index is 0.245. The average Bonchev–Trinajstić information content (AvgIpc) is 2.92. The first-order valence-corrected chi connectivity index (χ1v) is 8.95. The number of benzene rings is 1. The van der Waals surface area contributed by atoms with Crippen molar-refractivity contribution in [1.29, 1.82) is 0 Å². The topological polar surface area (TPSA) is 44.7 Å². The molecule has 0 spiro atoms. The number of nitrogens with zero attached hydrogens (tertiary/aromatic N) is 1. The zero-order chi connectivity index (χ0) is 14.8. The number of hydrogen-bond acceptors (Lipinski definition) is 4. The third-order valence-electron chi connectivity index (χ3n) is 4.24. The Morgan fingerprint density at radius 3 is 2.86 bits per heavy atom. The summed E-state index contributed by atoms with van der Waals surface area (Å²) < 4.78 is 7.35. The van der Waals surface area contributed by atoms with Gasteiger partial charge in [0.05, 0.1) is 21.7 Å². The molecule has 2 N–H and O–H groups in total. The molecule has 2 fully saturated rings. The fraction of sp³-hybridized carbons (Fsp3) is 0.600. The highest BCUT2D eigenvalue weighted by Gasteiger charge is 2.31. The van der Waals surface area contributed by atoms with E-state index >= 15 is 0 Å². The predicted molar refractivity (Wildman–Crippen MR) is 89.5 cm³/mol. The summed E-state index contributed by atoms with van der Waals surface area (Å²) in [6, 6.07) is 4.53. The zero-order valence-corrected chi connectivity index (χ0v) is 15.0. The van der Waals surface area contributed by atoms with Crippen molar-refractivity contribution >= 4 is 31.9 Å². The SMILES string of the molecule is Oc1c(Br)cc(CNCC2CN3CCCC3CO2)cc1Br. The van der Waals surface area contributed by atoms with Crippen molar-refractivity contribution < 1.29 is 9.84 Å². The minimum Gasteiger partial charge on any atom is -0.506 e. The molecule has 2 heterocycles. The van der Waals surface area contributed by atoms with Crippen LogP contribution in [0.5, 0.6) is 5.75 Å². The molecule has 0 saturated carbocycles. The van der Waals surface area contributed by atoms with Gasteiger partial charge in [0.2, 0.25) is 0 Å². The Labute approximate surface area is 142 Å². The molecule has 2 saturated heterocycles. The van der Waals surface area contributed by atoms with Gasteiger partial charge in [-0.15, -0.1) is 0 Å². The van der Waals surface area contributed by atoms with Crippen LogP contribution in [0.4, 0.5) is 0 Å². The number of nitrogens with one attached hydrogen (secondary N) is 1. The molecule has 0 amide bonds. The minimum absolute atomic E-state index is 0.245. The molecular weight excluding hydrogens is 400 g/mol. The zero-order valence-electron chi connectivity index (χ0n) is 11.8. The van der Waals surface area contributed by atoms with Gasteiger partial charge < -0.3 is 15.2 Å². The third kappa shape index (κ3) is 3.79. The number of halogens is 2. The van der Waals surface area contributed by atoms with Crippen molar-refractivity contribution in [2.75, 3.05) is 26.2 Å². The van der Waals surface area contributed by atoms with E-state index in [1.165, 1.54) is 19.4 Å². The number of morpholine rings is 1. The van der Waals surface area contributed by atoms with Crippen molar-refractivity contribution in [3.05, 3.63) is 26.6 Å². The molecule has 21 heavy (non-hydrogen) atoms. The fourth-order valence-corrected chi connectivity index (χ4v) is 4.39. The maximum atomic E-state index is 9.71. The molecular formula is C15H20Br2N2O2. The summed E-state index contributed by atoms with van der Waals surface area (Å²) in [5.74, 6) is 0.245. The molecule has 0 aromatic heterocycles. The van der Waals surface area contributed by atoms with Crippen LogP contribution in [0.1, 0.15) is 18.4 Å². The van der Waals surface area contributed by atoms with Gasteiger partial charge in [-0.05, 0) is 68.9 Å². The molecule has 3 rings (SSSR count). The number of phenolic OH excluding ortho intramolecular Hbond substituents is 1. The quantitative estimate of drug-likeness (QED) is 0.787. The summed E-state index contributed by atoms with van der Waals surface area (Å²) in [6.07, 6.45) is 2.88. The van der Waals surface area contributed by atoms with Gasteiger partial charge in [0, 0.05) is 25.7 Å². The summed E-state index contributed by atoms with van der Waals surface area (Å²) in [6.45, 7) is 4.77. The lowest BCUT2D eigenvalue weighted by Gasteiger charge is -2.35. The number of aromatic hydroxyl groups is 1. The Kier molecular flexibility index (Phi) is 5.22. The Morgan fingerprint density at radius 2 is 2.10 bits per heavy atom. The second-order valence-corrected chi connectivity index (χ2v) is 7.49. The van der Waals surface area contributed by atoms with E-state index in [0.29, 0.717) is 15.0 Å². The Morgan fingerprint density at radius 1 is 1.33 bits per heavy atom. The van der Waals surface area contributed by atoms with Gasteiger partial charge in [-0.2, -0.15) is 0 Å². The van der Waals surface area contributed by atoms with Crippen LogP contribution in [-0.4, -0.2) is 48.4 Å². The van der Waals surface area contributed by atoms with Crippen molar-refractivity contribution in [1.82, 2.24) is 10.2 Å². The highest BCUT2D eigenvalue weighted by atomic mass is 79.9. The molecule has 0 radical (unpaired) electrons. The first kappa shape index (κ1) is 15.7. The lowest BCUT2D eigenvalue weighted by molar-refractivity contribution is -0.0470. The van der Waals surface area contributed by atoms with E-state index in [4.69, 9.17) is 4.74 Å². The molecule has 6 heteroatoms. The monoisotopic (exact) mass is 418 g/mol. The third-order valence-corrected chi connectivity index (χ3v) is 5.45. The van der Waals surface area contributed by atoms with E-state index in [0.717, 1.165) is 31.8 Å². The van der Waals surface area contributed by atoms with Gasteiger partial charge >= 0.3 is 0 Å². The van der Waals surface area contributed by atoms with Crippen molar-refractivity contribution in [3.8, 4) is 5.75 Å². The Bertz CT molecular complexity index is 489. The summed E-state index contributed by atoms with van der Waals surface area (Å²) in [5.41, 5.74) is 1.13. The highest BCUT2D eigenvalue weighted by Crippen LogP contribution is 2.33. The van der Waals surface area contributed by atoms with Gasteiger partial charge in [-0.3, -0.25) is 4.90 Å². The highest BCUT2D eigenvalue weighted by molar-refractivity contribution is 9.11. The summed E-state index contributed by atoms with van der Waals surface area (Å²) in [4.78, 5) is 2.56. The second-order valence-electron chi connectivity index (χ2n) is 5.79. The van der Waals surface area contributed by atoms with Crippen molar-refractivity contribution in [3.63, 3.8) is 0 Å². The number of rotatable bonds is 4. The molecule has 4 nitrogen and oxygen atoms in total. The maximum Gasteiger partial charge on any atom is 0.143 e. The van der Waals surface area contributed by atoms with Crippen LogP contribution in [0.2, 0.25) is 0 Å². The molecule has 0 aliphatic carbocycles. The lowest BCUT2D eigenvalue weighted by Crippen LogP contribution is -2.49. The first-order chi connectivity index (χ1) is 10.1. The van der Waals surface area contributed by atoms with E-state index in [2.05, 4.69) is 42.1 Å². The smallest absolute Gasteiger partial charge is 0.143 e. The van der Waals surface area contributed by atoms with E-state index < -0.39 is 0 Å². The summed E-state index contributed by atoms with van der Waals surface area (Å²) >= 11 is 6.71. The molecule has 2 aliphatic rings. The molecule has 1 aromatic rings. The molecule has 0 bridgehead atoms. The standard InChI is InChI=1S/C15H20Br2N2O2/c16-13-4-10(5-14(17)15(13)20)6-18-7-12-8-19-3-1-2-11(19)9-21-12/h4-5,11-12,18,20H,1-3,6-9H2. The Balaban J connectivity index is 1.48. The van der Waals surface area contributed by atoms with Crippen molar-refractivity contribution in [2.24, 2.45) is 0 Å². The predicted octanol–water partition coefficient (Wildman–Crippen LogP) is 2.87. The number of hydrogen-bond donors (Lipinski definition) is 2. The van der Waals surface area contributed by atoms with Gasteiger partial charge in [0.1, 0.15) is 5.75 Å². The van der Waals surface area contributed by atoms with Crippen LogP contribution in [0.15, 0.2) is 21.1 Å². The van der Waals surface area contributed by atoms with Crippen LogP contribution in [0.25, 0.3) is 0 Å². The molecule has 2 atom stereocenters. The largest absolute Gasteiger partial charge is 0.506 e. The molecule has 2 unspecified atom stereocenters. The molecule has 1 aromatic carbocycles. The second kappa shape index (κ2) is 6.96. The summed E-state index contributed by atoms with van der Waals surface area (Å²) in [5, 5.41) is 13.2. The van der Waals surface area contributed by atoms with Gasteiger partial charge in [0.15, 0.2) is 0 Å². The number of ether oxygens (including phenoxy) is 1. The fourth-order valence-electron chi connectivity index (χ4n) is 3.11. The average molecular weight is 420 g/mol. The van der Waals surface area contributed by atoms with E-state index in [-0.39, 0.29) is 11.9 Å². The van der Waals surface area contributed by atoms with Crippen LogP contribution in [-0.2, 0) is 11.3 Å². The van der Waals surface area contributed by atoms with Crippen LogP contribution < -0.4 is 5.32 Å². The van der Waals surface area contributed by atoms with Crippen LogP contribution in [0, 0.1) is 0 Å². The van der Waals surface area contributed by atoms with E-state index in [1.807, 2.05) is 12.1 Å². The molecule has 116 valence electrons. The normalized spacial score (nSPS) is 26.0. The summed E-state index contributed by atoms with van der Waals surface area (Å²) in [7, 11) is 0. The van der Waals surface area contributed by atoms with Gasteiger partial charge in [-0.1, -0.05) is 0 Å². The first-order valence-electron chi connectivity index (χ1n) is 7.36. The van der Waals surface area contributed by atoms with E-state index in [9.17, 15) is 5.11 Å².